The second kappa shape index (κ2) is 8.64. The van der Waals surface area contributed by atoms with Crippen LogP contribution in [-0.4, -0.2) is 38.4 Å². The average molecular weight is 523 g/mol. The number of rotatable bonds is 6. The molecular weight excluding hydrogens is 499 g/mol. The summed E-state index contributed by atoms with van der Waals surface area (Å²) in [6, 6.07) is 6.29. The summed E-state index contributed by atoms with van der Waals surface area (Å²) in [5.74, 6) is -1.29. The Morgan fingerprint density at radius 3 is 2.60 bits per heavy atom. The first-order valence-corrected chi connectivity index (χ1v) is 13.9. The van der Waals surface area contributed by atoms with E-state index in [1.54, 1.807) is 0 Å². The van der Waals surface area contributed by atoms with Crippen molar-refractivity contribution < 1.29 is 26.3 Å². The van der Waals surface area contributed by atoms with Gasteiger partial charge in [-0.1, -0.05) is 13.8 Å². The minimum atomic E-state index is -4.39. The van der Waals surface area contributed by atoms with Gasteiger partial charge in [-0.15, -0.1) is 4.40 Å². The van der Waals surface area contributed by atoms with Crippen LogP contribution >= 0.6 is 0 Å². The molecule has 0 bridgehead atoms. The first kappa shape index (κ1) is 24.7. The zero-order valence-electron chi connectivity index (χ0n) is 19.0. The van der Waals surface area contributed by atoms with Gasteiger partial charge in [0.2, 0.25) is 10.0 Å². The molecule has 0 amide bonds. The Hall–Kier alpha value is -3.45. The van der Waals surface area contributed by atoms with E-state index >= 15 is 0 Å². The van der Waals surface area contributed by atoms with Crippen molar-refractivity contribution >= 4 is 42.8 Å². The first-order chi connectivity index (χ1) is 16.3. The van der Waals surface area contributed by atoms with Crippen LogP contribution in [-0.2, 0) is 26.5 Å². The summed E-state index contributed by atoms with van der Waals surface area (Å²) in [5, 5.41) is 13.8. The summed E-state index contributed by atoms with van der Waals surface area (Å²) in [5.41, 5.74) is -0.579. The number of amidine groups is 1. The van der Waals surface area contributed by atoms with Crippen LogP contribution in [0.25, 0.3) is 5.52 Å². The molecule has 2 aromatic heterocycles. The lowest BCUT2D eigenvalue weighted by atomic mass is 9.99. The summed E-state index contributed by atoms with van der Waals surface area (Å²) in [6.07, 6.45) is 2.89. The monoisotopic (exact) mass is 522 g/mol. The Kier molecular flexibility index (Phi) is 6.09. The van der Waals surface area contributed by atoms with Crippen molar-refractivity contribution in [1.29, 1.82) is 0 Å². The highest BCUT2D eigenvalue weighted by Crippen LogP contribution is 2.34. The van der Waals surface area contributed by atoms with E-state index < -0.39 is 48.6 Å². The molecule has 0 atom stereocenters. The average Bonchev–Trinajstić information content (AvgIpc) is 2.73. The fourth-order valence-electron chi connectivity index (χ4n) is 3.82. The van der Waals surface area contributed by atoms with E-state index in [1.807, 2.05) is 13.8 Å². The van der Waals surface area contributed by atoms with Crippen LogP contribution in [0.15, 0.2) is 50.6 Å². The number of nitrogens with zero attached hydrogens (tertiary/aromatic N) is 2. The topological polar surface area (TPSA) is 146 Å². The van der Waals surface area contributed by atoms with E-state index in [0.717, 1.165) is 22.9 Å². The van der Waals surface area contributed by atoms with Crippen molar-refractivity contribution in [3.63, 3.8) is 0 Å². The van der Waals surface area contributed by atoms with E-state index in [-0.39, 0.29) is 22.2 Å². The lowest BCUT2D eigenvalue weighted by molar-refractivity contribution is 0.461. The molecule has 186 valence electrons. The maximum absolute atomic E-state index is 14.0. The number of hydrogen-bond acceptors (Lipinski definition) is 7. The molecule has 3 heterocycles. The van der Waals surface area contributed by atoms with Crippen LogP contribution in [0.4, 0.5) is 15.8 Å². The quantitative estimate of drug-likeness (QED) is 0.451. The Balaban J connectivity index is 1.91. The smallest absolute Gasteiger partial charge is 0.286 e. The van der Waals surface area contributed by atoms with Gasteiger partial charge in [-0.25, -0.2) is 12.8 Å². The van der Waals surface area contributed by atoms with Gasteiger partial charge >= 0.3 is 0 Å². The van der Waals surface area contributed by atoms with Crippen molar-refractivity contribution in [3.8, 4) is 5.75 Å². The molecule has 1 aliphatic rings. The number of halogens is 1. The van der Waals surface area contributed by atoms with E-state index in [4.69, 9.17) is 0 Å². The number of anilines is 2. The predicted molar refractivity (Wildman–Crippen MR) is 131 cm³/mol. The zero-order chi connectivity index (χ0) is 25.7. The molecule has 1 aliphatic heterocycles. The summed E-state index contributed by atoms with van der Waals surface area (Å²) < 4.78 is 69.8. The van der Waals surface area contributed by atoms with Crippen molar-refractivity contribution in [2.75, 3.05) is 16.3 Å². The molecular formula is C22H23FN4O6S2. The predicted octanol–water partition coefficient (Wildman–Crippen LogP) is 2.67. The maximum atomic E-state index is 14.0. The molecule has 0 saturated heterocycles. The number of aryl methyl sites for hydroxylation is 1. The fraction of sp³-hybridized carbons (Fsp3) is 0.273. The second-order valence-corrected chi connectivity index (χ2v) is 12.0. The minimum Gasteiger partial charge on any atom is -0.507 e. The summed E-state index contributed by atoms with van der Waals surface area (Å²) in [7, 11) is -8.05. The van der Waals surface area contributed by atoms with Gasteiger partial charge in [0, 0.05) is 17.4 Å². The lowest BCUT2D eigenvalue weighted by Gasteiger charge is -2.21. The number of hydrogen-bond donors (Lipinski definition) is 3. The van der Waals surface area contributed by atoms with Gasteiger partial charge in [0.15, 0.2) is 5.84 Å². The number of benzene rings is 1. The van der Waals surface area contributed by atoms with E-state index in [2.05, 4.69) is 14.4 Å². The van der Waals surface area contributed by atoms with Crippen molar-refractivity contribution in [2.45, 2.75) is 31.6 Å². The Morgan fingerprint density at radius 2 is 1.94 bits per heavy atom. The normalized spacial score (nSPS) is 14.9. The third kappa shape index (κ3) is 4.86. The van der Waals surface area contributed by atoms with Crippen molar-refractivity contribution in [2.24, 2.45) is 10.3 Å². The number of pyridine rings is 2. The molecule has 10 nitrogen and oxygen atoms in total. The Morgan fingerprint density at radius 1 is 1.23 bits per heavy atom. The maximum Gasteiger partial charge on any atom is 0.286 e. The molecule has 0 fully saturated rings. The number of sulfonamides is 2. The lowest BCUT2D eigenvalue weighted by Crippen LogP contribution is -2.31. The largest absolute Gasteiger partial charge is 0.507 e. The zero-order valence-corrected chi connectivity index (χ0v) is 20.7. The molecule has 0 saturated carbocycles. The minimum absolute atomic E-state index is 0.00958. The van der Waals surface area contributed by atoms with Gasteiger partial charge in [0.1, 0.15) is 22.0 Å². The molecule has 13 heteroatoms. The third-order valence-electron chi connectivity index (χ3n) is 5.41. The molecule has 35 heavy (non-hydrogen) atoms. The van der Waals surface area contributed by atoms with Crippen molar-refractivity contribution in [1.82, 2.24) is 4.40 Å². The number of nitrogens with one attached hydrogen (secondary N) is 2. The highest BCUT2D eigenvalue weighted by atomic mass is 32.2. The molecule has 0 unspecified atom stereocenters. The van der Waals surface area contributed by atoms with Crippen LogP contribution in [0.1, 0.15) is 31.4 Å². The molecule has 1 aromatic carbocycles. The van der Waals surface area contributed by atoms with E-state index in [1.165, 1.54) is 24.3 Å². The number of aromatic hydroxyl groups is 1. The number of aromatic nitrogens is 1. The molecule has 0 radical (unpaired) electrons. The standard InChI is InChI=1S/C22H23FN4O6S2/c1-12(2)4-7-15-17-9-5-13(23)11-27(17)22(29)19(20(15)28)21-24-16-8-6-14(25-34(3,30)31)10-18(16)35(32,33)26-21/h5-6,8-12,25,28H,4,7H2,1-3H3,(H,24,26). The van der Waals surface area contributed by atoms with Crippen LogP contribution in [0, 0.1) is 11.7 Å². The van der Waals surface area contributed by atoms with Crippen LogP contribution < -0.4 is 15.6 Å². The van der Waals surface area contributed by atoms with E-state index in [0.29, 0.717) is 23.9 Å². The van der Waals surface area contributed by atoms with Gasteiger partial charge in [0.05, 0.1) is 17.5 Å². The van der Waals surface area contributed by atoms with Crippen LogP contribution in [0.5, 0.6) is 5.75 Å². The Labute approximate surface area is 201 Å². The molecule has 4 rings (SSSR count). The second-order valence-electron chi connectivity index (χ2n) is 8.67. The van der Waals surface area contributed by atoms with Gasteiger partial charge in [-0.3, -0.25) is 13.9 Å². The molecule has 3 N–H and O–H groups in total. The third-order valence-corrected chi connectivity index (χ3v) is 7.34. The summed E-state index contributed by atoms with van der Waals surface area (Å²) in [6.45, 7) is 3.97. The molecule has 0 aliphatic carbocycles. The SMILES string of the molecule is CC(C)CCc1c(O)c(C2=NS(=O)(=O)c3cc(NS(C)(=O)=O)ccc3N2)c(=O)n2cc(F)ccc12. The Bertz CT molecular complexity index is 1660. The fourth-order valence-corrected chi connectivity index (χ4v) is 5.52. The van der Waals surface area contributed by atoms with Gasteiger partial charge in [0.25, 0.3) is 15.6 Å². The highest BCUT2D eigenvalue weighted by Gasteiger charge is 2.30. The van der Waals surface area contributed by atoms with Crippen LogP contribution in [0.3, 0.4) is 0 Å². The summed E-state index contributed by atoms with van der Waals surface area (Å²) >= 11 is 0. The van der Waals surface area contributed by atoms with E-state index in [9.17, 15) is 31.1 Å². The molecule has 0 spiro atoms. The van der Waals surface area contributed by atoms with Crippen LogP contribution in [0.2, 0.25) is 0 Å². The van der Waals surface area contributed by atoms with Gasteiger partial charge in [-0.05, 0) is 49.1 Å². The van der Waals surface area contributed by atoms with Gasteiger partial charge < -0.3 is 10.4 Å². The van der Waals surface area contributed by atoms with Gasteiger partial charge in [-0.2, -0.15) is 8.42 Å². The summed E-state index contributed by atoms with van der Waals surface area (Å²) in [4.78, 5) is 13.0. The molecule has 3 aromatic rings. The highest BCUT2D eigenvalue weighted by molar-refractivity contribution is 7.92. The first-order valence-electron chi connectivity index (χ1n) is 10.6. The number of fused-ring (bicyclic) bond motifs is 2. The van der Waals surface area contributed by atoms with Crippen molar-refractivity contribution in [3.05, 3.63) is 63.8 Å².